The van der Waals surface area contributed by atoms with Crippen molar-refractivity contribution in [1.82, 2.24) is 20.1 Å². The van der Waals surface area contributed by atoms with E-state index in [0.29, 0.717) is 27.8 Å². The summed E-state index contributed by atoms with van der Waals surface area (Å²) in [6, 6.07) is -0.309. The molecule has 0 saturated heterocycles. The van der Waals surface area contributed by atoms with E-state index in [4.69, 9.17) is 0 Å². The third-order valence-corrected chi connectivity index (χ3v) is 5.23. The van der Waals surface area contributed by atoms with Crippen LogP contribution in [0.1, 0.15) is 47.9 Å². The molecule has 4 rings (SSSR count). The van der Waals surface area contributed by atoms with Gasteiger partial charge in [-0.25, -0.2) is 4.68 Å². The van der Waals surface area contributed by atoms with Crippen LogP contribution in [0.3, 0.4) is 0 Å². The van der Waals surface area contributed by atoms with Crippen molar-refractivity contribution in [1.29, 1.82) is 0 Å². The van der Waals surface area contributed by atoms with E-state index in [0.717, 1.165) is 24.1 Å². The lowest BCUT2D eigenvalue weighted by Crippen LogP contribution is -2.41. The Hall–Kier alpha value is -2.48. The minimum absolute atomic E-state index is 0.111. The van der Waals surface area contributed by atoms with Gasteiger partial charge in [0.05, 0.1) is 29.0 Å². The van der Waals surface area contributed by atoms with Crippen LogP contribution in [0.25, 0.3) is 5.82 Å². The lowest BCUT2D eigenvalue weighted by Gasteiger charge is -2.19. The van der Waals surface area contributed by atoms with Gasteiger partial charge in [0.25, 0.3) is 12.1 Å². The van der Waals surface area contributed by atoms with Crippen LogP contribution in [0.4, 0.5) is 0 Å². The number of nitrogens with one attached hydrogen (secondary N) is 2. The topological polar surface area (TPSA) is 106 Å². The molecule has 2 aliphatic carbocycles. The number of hydrogen-bond donors (Lipinski definition) is 3. The smallest absolute Gasteiger partial charge is 0.272 e. The molecule has 2 aromatic heterocycles. The largest absolute Gasteiger partial charge is 0.394 e. The summed E-state index contributed by atoms with van der Waals surface area (Å²) < 4.78 is 2.40. The fourth-order valence-electron chi connectivity index (χ4n) is 3.65. The first-order chi connectivity index (χ1) is 12.0. The number of hydrogen-bond acceptors (Lipinski definition) is 4. The summed E-state index contributed by atoms with van der Waals surface area (Å²) in [6.45, 7) is 3.79. The molecule has 8 heteroatoms. The Morgan fingerprint density at radius 1 is 1.56 bits per heavy atom. The van der Waals surface area contributed by atoms with Crippen LogP contribution in [0, 0.1) is 16.7 Å². The number of aliphatic hydroxyl groups excluding tert-OH is 1. The number of nitrogens with zero attached hydrogens (tertiary/aromatic N) is 3. The molecule has 2 heterocycles. The number of carbonyl (C=O) groups is 1. The van der Waals surface area contributed by atoms with Gasteiger partial charge in [0.15, 0.2) is 5.69 Å². The van der Waals surface area contributed by atoms with Crippen molar-refractivity contribution in [2.24, 2.45) is 11.8 Å². The first-order valence-electron chi connectivity index (χ1n) is 8.64. The number of H-pyrrole nitrogens is 1. The van der Waals surface area contributed by atoms with E-state index in [1.54, 1.807) is 10.9 Å². The van der Waals surface area contributed by atoms with Crippen LogP contribution in [0.2, 0.25) is 0 Å². The van der Waals surface area contributed by atoms with Gasteiger partial charge in [-0.15, -0.1) is 0 Å². The van der Waals surface area contributed by atoms with Crippen LogP contribution in [0.15, 0.2) is 18.6 Å². The number of aromatic nitrogens is 4. The first-order valence-corrected chi connectivity index (χ1v) is 8.64. The quantitative estimate of drug-likeness (QED) is 0.688. The van der Waals surface area contributed by atoms with E-state index in [9.17, 15) is 14.8 Å². The first kappa shape index (κ1) is 16.0. The van der Waals surface area contributed by atoms with E-state index < -0.39 is 0 Å². The normalized spacial score (nSPS) is 21.8. The number of aliphatic hydroxyl groups is 1. The van der Waals surface area contributed by atoms with Crippen LogP contribution < -0.4 is 9.74 Å². The van der Waals surface area contributed by atoms with E-state index in [-0.39, 0.29) is 24.5 Å². The van der Waals surface area contributed by atoms with Gasteiger partial charge < -0.3 is 15.4 Å². The lowest BCUT2D eigenvalue weighted by atomic mass is 10.0. The molecule has 0 spiro atoms. The molecule has 2 aromatic rings. The van der Waals surface area contributed by atoms with Gasteiger partial charge >= 0.3 is 0 Å². The van der Waals surface area contributed by atoms with Crippen molar-refractivity contribution in [3.63, 3.8) is 0 Å². The zero-order chi connectivity index (χ0) is 17.7. The predicted octanol–water partition coefficient (Wildman–Crippen LogP) is 0.521. The Labute approximate surface area is 144 Å². The van der Waals surface area contributed by atoms with Gasteiger partial charge in [0, 0.05) is 16.4 Å². The summed E-state index contributed by atoms with van der Waals surface area (Å²) in [4.78, 5) is 27.4. The molecule has 1 amide bonds. The Morgan fingerprint density at radius 2 is 2.36 bits per heavy atom. The maximum Gasteiger partial charge on any atom is 0.272 e. The number of aromatic amines is 1. The van der Waals surface area contributed by atoms with E-state index in [1.165, 1.54) is 12.4 Å². The Kier molecular flexibility index (Phi) is 3.72. The van der Waals surface area contributed by atoms with Gasteiger partial charge in [0.1, 0.15) is 0 Å². The molecule has 0 radical (unpaired) electrons. The number of amides is 1. The third-order valence-electron chi connectivity index (χ3n) is 5.23. The van der Waals surface area contributed by atoms with Crippen LogP contribution in [-0.2, 0) is 6.42 Å². The summed E-state index contributed by atoms with van der Waals surface area (Å²) in [5.41, 5.74) is 2.40. The second kappa shape index (κ2) is 5.80. The summed E-state index contributed by atoms with van der Waals surface area (Å²) in [6.07, 6.45) is 6.29. The fraction of sp³-hybridized carbons (Fsp3) is 0.529. The zero-order valence-electron chi connectivity index (χ0n) is 14.3. The van der Waals surface area contributed by atoms with Gasteiger partial charge in [-0.3, -0.25) is 4.79 Å². The molecule has 132 valence electrons. The average molecular weight is 344 g/mol. The van der Waals surface area contributed by atoms with E-state index in [2.05, 4.69) is 15.4 Å². The summed E-state index contributed by atoms with van der Waals surface area (Å²) >= 11 is 0. The molecule has 8 nitrogen and oxygen atoms in total. The molecule has 25 heavy (non-hydrogen) atoms. The molecule has 1 fully saturated rings. The molecule has 3 N–H and O–H groups in total. The van der Waals surface area contributed by atoms with Gasteiger partial charge in [0.2, 0.25) is 12.0 Å². The molecule has 0 bridgehead atoms. The average Bonchev–Trinajstić information content (AvgIpc) is 3.08. The predicted molar refractivity (Wildman–Crippen MR) is 89.0 cm³/mol. The molecular weight excluding hydrogens is 322 g/mol. The lowest BCUT2D eigenvalue weighted by molar-refractivity contribution is -0.495. The molecule has 1 saturated carbocycles. The minimum Gasteiger partial charge on any atom is -0.394 e. The molecule has 0 aliphatic heterocycles. The second-order valence-electron chi connectivity index (χ2n) is 7.27. The Bertz CT molecular complexity index is 885. The zero-order valence-corrected chi connectivity index (χ0v) is 14.3. The molecule has 3 atom stereocenters. The molecule has 1 unspecified atom stereocenters. The minimum atomic E-state index is -0.309. The standard InChI is InChI=1S/C17H21N5O3/c1-9(2)13(8-23)19-17(24)15-12-6-10-5-11(10)16(12)22(20-15)14-7-21(25)4-3-18-14/h3-4,7,9-11,13,23H,5-6,8H2,1-2H3,(H-,18,19,24,25)/p+1/t10-,11-,13?/m0/s1. The third kappa shape index (κ3) is 2.66. The van der Waals surface area contributed by atoms with Crippen molar-refractivity contribution < 1.29 is 14.3 Å². The molecule has 2 aliphatic rings. The van der Waals surface area contributed by atoms with Crippen molar-refractivity contribution in [2.45, 2.75) is 38.6 Å². The van der Waals surface area contributed by atoms with Gasteiger partial charge in [-0.05, 0) is 24.7 Å². The number of rotatable bonds is 5. The monoisotopic (exact) mass is 344 g/mol. The van der Waals surface area contributed by atoms with Crippen molar-refractivity contribution in [3.05, 3.63) is 40.4 Å². The fourth-order valence-corrected chi connectivity index (χ4v) is 3.65. The van der Waals surface area contributed by atoms with Crippen LogP contribution in [0.5, 0.6) is 0 Å². The maximum atomic E-state index is 12.7. The highest BCUT2D eigenvalue weighted by atomic mass is 16.3. The number of carbonyl (C=O) groups excluding carboxylic acids is 1. The van der Waals surface area contributed by atoms with Crippen molar-refractivity contribution in [3.8, 4) is 5.82 Å². The van der Waals surface area contributed by atoms with Gasteiger partial charge in [-0.2, -0.15) is 5.10 Å². The van der Waals surface area contributed by atoms with E-state index >= 15 is 0 Å². The highest BCUT2D eigenvalue weighted by Gasteiger charge is 2.50. The van der Waals surface area contributed by atoms with Gasteiger partial charge in [-0.1, -0.05) is 13.8 Å². The number of fused-ring (bicyclic) bond motifs is 3. The van der Waals surface area contributed by atoms with Crippen molar-refractivity contribution >= 4 is 5.91 Å². The second-order valence-corrected chi connectivity index (χ2v) is 7.27. The summed E-state index contributed by atoms with van der Waals surface area (Å²) in [5, 5.41) is 16.8. The summed E-state index contributed by atoms with van der Waals surface area (Å²) in [5.74, 6) is 1.39. The van der Waals surface area contributed by atoms with Crippen LogP contribution >= 0.6 is 0 Å². The Morgan fingerprint density at radius 3 is 3.04 bits per heavy atom. The van der Waals surface area contributed by atoms with Crippen LogP contribution in [-0.4, -0.2) is 38.4 Å². The summed E-state index contributed by atoms with van der Waals surface area (Å²) in [7, 11) is 0. The highest BCUT2D eigenvalue weighted by Crippen LogP contribution is 2.57. The van der Waals surface area contributed by atoms with Crippen molar-refractivity contribution in [2.75, 3.05) is 6.61 Å². The Balaban J connectivity index is 1.73. The SMILES string of the molecule is CC(C)C(CO)NC(=O)c1nn(-c2c[n+](=O)cc[nH]2)c2c1C[C@@H]1C[C@H]21. The van der Waals surface area contributed by atoms with E-state index in [1.807, 2.05) is 13.8 Å². The maximum absolute atomic E-state index is 12.7. The highest BCUT2D eigenvalue weighted by molar-refractivity contribution is 5.94. The molecular formula is C17H22N5O3+. The molecule has 0 aromatic carbocycles.